The van der Waals surface area contributed by atoms with Gasteiger partial charge in [-0.3, -0.25) is 29.8 Å². The van der Waals surface area contributed by atoms with Crippen molar-refractivity contribution in [1.82, 2.24) is 84.4 Å². The number of amides is 2. The van der Waals surface area contributed by atoms with Crippen molar-refractivity contribution >= 4 is 115 Å². The molecule has 4 aliphatic rings. The number of hydrogen-bond donors (Lipinski definition) is 8. The number of likely N-dealkylation sites (tertiary alicyclic amines) is 3. The first-order chi connectivity index (χ1) is 52.8. The molecule has 588 valence electrons. The zero-order valence-corrected chi connectivity index (χ0v) is 66.8. The van der Waals surface area contributed by atoms with Gasteiger partial charge in [0, 0.05) is 87.4 Å². The number of piperidine rings is 3. The Kier molecular flexibility index (Phi) is 28.1. The molecule has 0 atom stereocenters. The van der Waals surface area contributed by atoms with Gasteiger partial charge in [-0.15, -0.1) is 0 Å². The Morgan fingerprint density at radius 1 is 0.527 bits per heavy atom. The minimum atomic E-state index is -3.10. The van der Waals surface area contributed by atoms with Crippen molar-refractivity contribution in [2.75, 3.05) is 111 Å². The topological polar surface area (TPSA) is 308 Å². The Labute approximate surface area is 655 Å². The van der Waals surface area contributed by atoms with E-state index in [9.17, 15) is 18.0 Å². The average Bonchev–Trinajstić information content (AvgIpc) is 0.884. The fourth-order valence-corrected chi connectivity index (χ4v) is 16.2. The first kappa shape index (κ1) is 81.9. The van der Waals surface area contributed by atoms with Gasteiger partial charge in [0.15, 0.2) is 34.9 Å². The lowest BCUT2D eigenvalue weighted by Crippen LogP contribution is -2.43. The zero-order valence-electron chi connectivity index (χ0n) is 63.7. The van der Waals surface area contributed by atoms with E-state index in [1.807, 2.05) is 82.5 Å². The molecule has 2 amide bonds. The number of halogens is 6. The smallest absolute Gasteiger partial charge is 0.236 e. The molecule has 8 N–H and O–H groups in total. The minimum absolute atomic E-state index is 0.180. The van der Waals surface area contributed by atoms with Crippen LogP contribution in [-0.4, -0.2) is 189 Å². The number of aromatic amines is 3. The maximum atomic E-state index is 15.2. The molecule has 3 aromatic carbocycles. The van der Waals surface area contributed by atoms with Gasteiger partial charge in [-0.2, -0.15) is 25.3 Å². The highest BCUT2D eigenvalue weighted by molar-refractivity contribution is 7.89. The van der Waals surface area contributed by atoms with Crippen LogP contribution in [0.4, 0.5) is 71.3 Å². The number of benzene rings is 3. The second-order valence-corrected chi connectivity index (χ2v) is 31.9. The van der Waals surface area contributed by atoms with E-state index in [1.165, 1.54) is 18.6 Å². The first-order valence-corrected chi connectivity index (χ1v) is 40.4. The van der Waals surface area contributed by atoms with Crippen LogP contribution in [0.3, 0.4) is 0 Å². The zero-order chi connectivity index (χ0) is 78.3. The van der Waals surface area contributed by atoms with Crippen LogP contribution in [0, 0.1) is 59.0 Å². The Balaban J connectivity index is 0.000000164. The predicted molar refractivity (Wildman–Crippen MR) is 427 cm³/mol. The Morgan fingerprint density at radius 3 is 1.36 bits per heavy atom. The standard InChI is InChI=1S/C27H35ClFN7O.C26H34ClFN8O2S.C24H29ClFN7O/c1-5-35(6-2)16-26(37)36-9-7-19(8-10-36)21-14-23(29)20(11-17(21)3)13-24-30-15-22(28)27(31-24)32-25-12-18(4)33-34-25;1-17-13-23(30-26-29-16-21(27)25(32-26)31-24-14-18(2)33-34-24)22(28)15-20(17)19-5-10-35(11-6-19)7-4-12-39(37,38)36-8-3-9-36;1-4-5-22(34)33-8-6-16(7-9-33)17-12-19(26)20(10-14(17)2)28-24-27-13-18(25)23(30-24)29-21-11-15(3)31-32-21/h11-12,14-15,19H,5-10,13,16H2,1-4H3,(H2,30,31,32,33,34);13-16,19H,3-12H2,1-2H3,(H3,29,30,31,32,33,34);10-13,16H,4-9H2,1-3H3,(H3,27,28,29,30,31,32). The van der Waals surface area contributed by atoms with E-state index in [2.05, 4.69) is 111 Å². The monoisotopic (exact) mass is 1590 g/mol. The first-order valence-electron chi connectivity index (χ1n) is 37.6. The summed E-state index contributed by atoms with van der Waals surface area (Å²) in [4.78, 5) is 59.1. The highest BCUT2D eigenvalue weighted by Crippen LogP contribution is 2.38. The maximum Gasteiger partial charge on any atom is 0.236 e. The number of rotatable bonds is 26. The summed E-state index contributed by atoms with van der Waals surface area (Å²) in [5, 5.41) is 37.0. The number of likely N-dealkylation sites (N-methyl/N-ethyl adjacent to an activating group) is 1. The van der Waals surface area contributed by atoms with Crippen LogP contribution in [0.1, 0.15) is 165 Å². The van der Waals surface area contributed by atoms with Crippen LogP contribution in [0.15, 0.2) is 73.2 Å². The highest BCUT2D eigenvalue weighted by atomic mass is 35.5. The van der Waals surface area contributed by atoms with Gasteiger partial charge >= 0.3 is 0 Å². The van der Waals surface area contributed by atoms with Crippen molar-refractivity contribution in [3.05, 3.63) is 168 Å². The fraction of sp³-hybridized carbons (Fsp3) is 0.468. The molecule has 26 nitrogen and oxygen atoms in total. The van der Waals surface area contributed by atoms with E-state index >= 15 is 13.2 Å². The van der Waals surface area contributed by atoms with E-state index in [0.717, 1.165) is 135 Å². The third-order valence-corrected chi connectivity index (χ3v) is 23.3. The summed E-state index contributed by atoms with van der Waals surface area (Å²) in [7, 11) is -3.10. The molecule has 6 aromatic heterocycles. The lowest BCUT2D eigenvalue weighted by molar-refractivity contribution is -0.133. The van der Waals surface area contributed by atoms with Crippen LogP contribution in [0.2, 0.25) is 15.1 Å². The summed E-state index contributed by atoms with van der Waals surface area (Å²) < 4.78 is 71.6. The second-order valence-electron chi connectivity index (χ2n) is 28.6. The van der Waals surface area contributed by atoms with Crippen molar-refractivity contribution in [3.63, 3.8) is 0 Å². The number of anilines is 10. The quantitative estimate of drug-likeness (QED) is 0.0250. The lowest BCUT2D eigenvalue weighted by atomic mass is 9.85. The summed E-state index contributed by atoms with van der Waals surface area (Å²) in [5.41, 5.74) is 9.85. The Morgan fingerprint density at radius 2 is 0.945 bits per heavy atom. The molecule has 0 aliphatic carbocycles. The predicted octanol–water partition coefficient (Wildman–Crippen LogP) is 15.3. The van der Waals surface area contributed by atoms with Crippen LogP contribution < -0.4 is 26.6 Å². The third-order valence-electron chi connectivity index (χ3n) is 20.5. The van der Waals surface area contributed by atoms with Crippen molar-refractivity contribution < 1.29 is 31.2 Å². The maximum absolute atomic E-state index is 15.2. The fourth-order valence-electron chi connectivity index (χ4n) is 14.2. The molecule has 0 bridgehead atoms. The van der Waals surface area contributed by atoms with Crippen molar-refractivity contribution in [3.8, 4) is 0 Å². The molecule has 13 rings (SSSR count). The molecule has 0 spiro atoms. The molecular weight excluding hydrogens is 1490 g/mol. The SMILES string of the molecule is CCCC(=O)N1CCC(c2cc(F)c(Nc3ncc(Cl)c(Nc4cc(C)[nH]n4)n3)cc2C)CC1.CCN(CC)CC(=O)N1CCC(c2cc(F)c(Cc3ncc(Cl)c(Nc4cc(C)[nH]n4)n3)cc2C)CC1.Cc1cc(Nc2nc(Nc3cc(C)c(C4CCN(CCCS(=O)(=O)N5CCC5)CC4)cc3F)ncc2Cl)n[nH]1. The summed E-state index contributed by atoms with van der Waals surface area (Å²) in [5.74, 6) is 4.08. The molecule has 110 heavy (non-hydrogen) atoms. The molecule has 33 heteroatoms. The molecule has 10 heterocycles. The summed E-state index contributed by atoms with van der Waals surface area (Å²) in [6.45, 7) is 26.7. The van der Waals surface area contributed by atoms with Crippen molar-refractivity contribution in [2.24, 2.45) is 0 Å². The molecule has 0 saturated carbocycles. The number of nitrogens with one attached hydrogen (secondary N) is 8. The summed E-state index contributed by atoms with van der Waals surface area (Å²) >= 11 is 18.7. The second kappa shape index (κ2) is 37.8. The Hall–Kier alpha value is -9.04. The number of hydrogen-bond acceptors (Lipinski definition) is 20. The van der Waals surface area contributed by atoms with E-state index < -0.39 is 10.0 Å². The number of sulfonamides is 1. The van der Waals surface area contributed by atoms with E-state index in [4.69, 9.17) is 34.8 Å². The number of aromatic nitrogens is 12. The summed E-state index contributed by atoms with van der Waals surface area (Å²) in [6, 6.07) is 15.8. The Bertz CT molecular complexity index is 4770. The van der Waals surface area contributed by atoms with Crippen LogP contribution in [-0.2, 0) is 26.0 Å². The van der Waals surface area contributed by atoms with Crippen LogP contribution >= 0.6 is 34.8 Å². The molecule has 4 fully saturated rings. The van der Waals surface area contributed by atoms with Gasteiger partial charge in [-0.05, 0) is 219 Å². The highest BCUT2D eigenvalue weighted by Gasteiger charge is 2.31. The van der Waals surface area contributed by atoms with Gasteiger partial charge in [-0.1, -0.05) is 61.6 Å². The largest absolute Gasteiger partial charge is 0.343 e. The number of carbonyl (C=O) groups is 2. The van der Waals surface area contributed by atoms with Gasteiger partial charge in [0.1, 0.15) is 38.3 Å². The van der Waals surface area contributed by atoms with Crippen molar-refractivity contribution in [2.45, 2.75) is 151 Å². The van der Waals surface area contributed by atoms with Gasteiger partial charge in [0.25, 0.3) is 0 Å². The van der Waals surface area contributed by atoms with Crippen LogP contribution in [0.25, 0.3) is 0 Å². The van der Waals surface area contributed by atoms with Gasteiger partial charge in [0.2, 0.25) is 33.7 Å². The van der Waals surface area contributed by atoms with E-state index in [1.54, 1.807) is 34.6 Å². The lowest BCUT2D eigenvalue weighted by Gasteiger charge is -2.34. The average molecular weight is 1590 g/mol. The third kappa shape index (κ3) is 21.7. The van der Waals surface area contributed by atoms with Gasteiger partial charge in [-0.25, -0.2) is 45.8 Å². The molecule has 4 aliphatic heterocycles. The molecule has 0 unspecified atom stereocenters. The number of aryl methyl sites for hydroxylation is 6. The van der Waals surface area contributed by atoms with Gasteiger partial charge < -0.3 is 41.3 Å². The molecular formula is C77H98Cl3F3N22O4S. The summed E-state index contributed by atoms with van der Waals surface area (Å²) in [6.07, 6.45) is 12.9. The van der Waals surface area contributed by atoms with Crippen molar-refractivity contribution in [1.29, 1.82) is 0 Å². The number of nitrogens with zero attached hydrogens (tertiary/aromatic N) is 14. The van der Waals surface area contributed by atoms with Gasteiger partial charge in [0.05, 0.1) is 42.3 Å². The normalized spacial score (nSPS) is 15.4. The number of H-pyrrole nitrogens is 3. The minimum Gasteiger partial charge on any atom is -0.343 e. The van der Waals surface area contributed by atoms with E-state index in [0.29, 0.717) is 131 Å². The molecule has 4 saturated heterocycles. The molecule has 9 aromatic rings. The van der Waals surface area contributed by atoms with Crippen LogP contribution in [0.5, 0.6) is 0 Å². The molecule has 0 radical (unpaired) electrons. The number of carbonyl (C=O) groups excluding carboxylic acids is 2. The van der Waals surface area contributed by atoms with E-state index in [-0.39, 0.29) is 71.1 Å².